The van der Waals surface area contributed by atoms with Crippen LogP contribution in [0.15, 0.2) is 0 Å². The molecule has 0 saturated carbocycles. The Bertz CT molecular complexity index is 297. The normalized spacial score (nSPS) is 24.6. The van der Waals surface area contributed by atoms with Crippen molar-refractivity contribution in [2.45, 2.75) is 45.8 Å². The predicted octanol–water partition coefficient (Wildman–Crippen LogP) is 1.30. The molecule has 1 aliphatic rings. The first kappa shape index (κ1) is 14.0. The molecular formula is C12H20O5. The molecule has 0 bridgehead atoms. The maximum Gasteiger partial charge on any atom is 0.347 e. The van der Waals surface area contributed by atoms with Gasteiger partial charge in [-0.1, -0.05) is 6.92 Å². The number of hydrogen-bond donors (Lipinski definition) is 0. The maximum atomic E-state index is 11.8. The van der Waals surface area contributed by atoms with Crippen molar-refractivity contribution in [2.75, 3.05) is 13.7 Å². The van der Waals surface area contributed by atoms with Crippen LogP contribution in [0.25, 0.3) is 0 Å². The fourth-order valence-corrected chi connectivity index (χ4v) is 1.44. The Labute approximate surface area is 101 Å². The molecule has 0 spiro atoms. The van der Waals surface area contributed by atoms with E-state index < -0.39 is 17.5 Å². The molecule has 0 aromatic rings. The fourth-order valence-electron chi connectivity index (χ4n) is 1.44. The van der Waals surface area contributed by atoms with Gasteiger partial charge in [-0.05, 0) is 20.3 Å². The number of ether oxygens (including phenoxy) is 3. The van der Waals surface area contributed by atoms with Crippen molar-refractivity contribution >= 4 is 11.9 Å². The Hall–Kier alpha value is -1.10. The monoisotopic (exact) mass is 244 g/mol. The zero-order valence-corrected chi connectivity index (χ0v) is 10.8. The van der Waals surface area contributed by atoms with Crippen molar-refractivity contribution in [3.63, 3.8) is 0 Å². The van der Waals surface area contributed by atoms with Gasteiger partial charge < -0.3 is 14.2 Å². The molecule has 0 aromatic carbocycles. The van der Waals surface area contributed by atoms with Gasteiger partial charge in [0.2, 0.25) is 6.10 Å². The Balaban J connectivity index is 2.53. The van der Waals surface area contributed by atoms with E-state index in [-0.39, 0.29) is 12.1 Å². The number of methoxy groups -OCH3 is 1. The minimum Gasteiger partial charge on any atom is -0.457 e. The smallest absolute Gasteiger partial charge is 0.347 e. The summed E-state index contributed by atoms with van der Waals surface area (Å²) in [6.07, 6.45) is -0.0589. The zero-order chi connectivity index (χ0) is 13.1. The van der Waals surface area contributed by atoms with Gasteiger partial charge in [-0.3, -0.25) is 4.79 Å². The zero-order valence-electron chi connectivity index (χ0n) is 10.8. The Morgan fingerprint density at radius 1 is 1.53 bits per heavy atom. The minimum absolute atomic E-state index is 0.310. The summed E-state index contributed by atoms with van der Waals surface area (Å²) < 4.78 is 15.1. The number of carbonyl (C=O) groups excluding carboxylic acids is 2. The number of esters is 2. The molecule has 1 aliphatic heterocycles. The van der Waals surface area contributed by atoms with Crippen LogP contribution < -0.4 is 0 Å². The van der Waals surface area contributed by atoms with Gasteiger partial charge in [0.05, 0.1) is 12.0 Å². The first-order valence-electron chi connectivity index (χ1n) is 5.81. The van der Waals surface area contributed by atoms with Crippen molar-refractivity contribution in [1.82, 2.24) is 0 Å². The van der Waals surface area contributed by atoms with Gasteiger partial charge >= 0.3 is 11.9 Å². The van der Waals surface area contributed by atoms with Crippen LogP contribution in [-0.2, 0) is 23.8 Å². The van der Waals surface area contributed by atoms with Gasteiger partial charge in [-0.2, -0.15) is 0 Å². The summed E-state index contributed by atoms with van der Waals surface area (Å²) in [6.45, 7) is 5.82. The molecule has 0 aliphatic carbocycles. The van der Waals surface area contributed by atoms with Gasteiger partial charge in [0.25, 0.3) is 0 Å². The Morgan fingerprint density at radius 3 is 2.71 bits per heavy atom. The lowest BCUT2D eigenvalue weighted by molar-refractivity contribution is -0.167. The second-order valence-corrected chi connectivity index (χ2v) is 4.88. The van der Waals surface area contributed by atoms with Crippen LogP contribution in [0, 0.1) is 5.41 Å². The summed E-state index contributed by atoms with van der Waals surface area (Å²) in [4.78, 5) is 23.3. The fraction of sp³-hybridized carbons (Fsp3) is 0.833. The summed E-state index contributed by atoms with van der Waals surface area (Å²) in [7, 11) is 1.54. The number of rotatable bonds is 5. The Kier molecular flexibility index (Phi) is 4.51. The first-order valence-corrected chi connectivity index (χ1v) is 5.81. The van der Waals surface area contributed by atoms with Crippen molar-refractivity contribution in [2.24, 2.45) is 5.41 Å². The predicted molar refractivity (Wildman–Crippen MR) is 60.3 cm³/mol. The van der Waals surface area contributed by atoms with Gasteiger partial charge in [0, 0.05) is 13.5 Å². The summed E-state index contributed by atoms with van der Waals surface area (Å²) in [5.74, 6) is -0.840. The second kappa shape index (κ2) is 5.49. The lowest BCUT2D eigenvalue weighted by Crippen LogP contribution is -2.32. The molecular weight excluding hydrogens is 224 g/mol. The van der Waals surface area contributed by atoms with Gasteiger partial charge in [0.15, 0.2) is 0 Å². The average Bonchev–Trinajstić information content (AvgIpc) is 2.60. The van der Waals surface area contributed by atoms with Crippen molar-refractivity contribution in [3.8, 4) is 0 Å². The van der Waals surface area contributed by atoms with E-state index in [1.165, 1.54) is 7.11 Å². The molecule has 1 heterocycles. The topological polar surface area (TPSA) is 61.8 Å². The van der Waals surface area contributed by atoms with Crippen molar-refractivity contribution in [1.29, 1.82) is 0 Å². The van der Waals surface area contributed by atoms with Crippen LogP contribution in [0.5, 0.6) is 0 Å². The highest BCUT2D eigenvalue weighted by Crippen LogP contribution is 2.25. The first-order chi connectivity index (χ1) is 7.90. The van der Waals surface area contributed by atoms with Crippen LogP contribution in [0.4, 0.5) is 0 Å². The van der Waals surface area contributed by atoms with E-state index in [0.29, 0.717) is 19.4 Å². The molecule has 1 saturated heterocycles. The molecule has 5 heteroatoms. The van der Waals surface area contributed by atoms with E-state index in [1.54, 1.807) is 13.8 Å². The number of hydrogen-bond acceptors (Lipinski definition) is 5. The molecule has 0 N–H and O–H groups in total. The number of carbonyl (C=O) groups is 2. The van der Waals surface area contributed by atoms with Crippen LogP contribution in [0.3, 0.4) is 0 Å². The summed E-state index contributed by atoms with van der Waals surface area (Å²) in [5.41, 5.74) is -0.570. The molecule has 0 amide bonds. The highest BCUT2D eigenvalue weighted by Gasteiger charge is 2.39. The van der Waals surface area contributed by atoms with Gasteiger partial charge in [-0.25, -0.2) is 4.79 Å². The summed E-state index contributed by atoms with van der Waals surface area (Å²) >= 11 is 0. The molecule has 98 valence electrons. The van der Waals surface area contributed by atoms with Crippen molar-refractivity contribution < 1.29 is 23.8 Å². The van der Waals surface area contributed by atoms with E-state index in [4.69, 9.17) is 14.2 Å². The van der Waals surface area contributed by atoms with E-state index in [0.717, 1.165) is 0 Å². The third kappa shape index (κ3) is 3.43. The summed E-state index contributed by atoms with van der Waals surface area (Å²) in [6, 6.07) is 0. The van der Waals surface area contributed by atoms with Crippen LogP contribution >= 0.6 is 0 Å². The van der Waals surface area contributed by atoms with Crippen LogP contribution in [-0.4, -0.2) is 37.9 Å². The third-order valence-electron chi connectivity index (χ3n) is 3.06. The summed E-state index contributed by atoms with van der Waals surface area (Å²) in [5, 5.41) is 0. The largest absolute Gasteiger partial charge is 0.457 e. The lowest BCUT2D eigenvalue weighted by Gasteiger charge is -2.21. The van der Waals surface area contributed by atoms with E-state index >= 15 is 0 Å². The molecule has 2 atom stereocenters. The SMILES string of the molecule is CCC(C)(C)C(=O)OC1CC(COC)OC1=O. The lowest BCUT2D eigenvalue weighted by atomic mass is 9.90. The molecule has 2 unspecified atom stereocenters. The van der Waals surface area contributed by atoms with Crippen molar-refractivity contribution in [3.05, 3.63) is 0 Å². The molecule has 0 aromatic heterocycles. The highest BCUT2D eigenvalue weighted by molar-refractivity contribution is 5.83. The number of cyclic esters (lactones) is 1. The van der Waals surface area contributed by atoms with Gasteiger partial charge in [0.1, 0.15) is 6.10 Å². The van der Waals surface area contributed by atoms with Gasteiger partial charge in [-0.15, -0.1) is 0 Å². The quantitative estimate of drug-likeness (QED) is 0.682. The highest BCUT2D eigenvalue weighted by atomic mass is 16.6. The molecule has 1 fully saturated rings. The molecule has 5 nitrogen and oxygen atoms in total. The van der Waals surface area contributed by atoms with E-state index in [2.05, 4.69) is 0 Å². The Morgan fingerprint density at radius 2 is 2.18 bits per heavy atom. The van der Waals surface area contributed by atoms with E-state index in [1.807, 2.05) is 6.92 Å². The molecule has 0 radical (unpaired) electrons. The van der Waals surface area contributed by atoms with Crippen LogP contribution in [0.2, 0.25) is 0 Å². The molecule has 1 rings (SSSR count). The standard InChI is InChI=1S/C12H20O5/c1-5-12(2,3)11(14)17-9-6-8(7-15-4)16-10(9)13/h8-9H,5-7H2,1-4H3. The van der Waals surface area contributed by atoms with E-state index in [9.17, 15) is 9.59 Å². The maximum absolute atomic E-state index is 11.8. The van der Waals surface area contributed by atoms with Crippen LogP contribution in [0.1, 0.15) is 33.6 Å². The second-order valence-electron chi connectivity index (χ2n) is 4.88. The third-order valence-corrected chi connectivity index (χ3v) is 3.06. The average molecular weight is 244 g/mol. The minimum atomic E-state index is -0.784. The molecule has 17 heavy (non-hydrogen) atoms.